The Morgan fingerprint density at radius 1 is 1.30 bits per heavy atom. The fourth-order valence-corrected chi connectivity index (χ4v) is 2.28. The van der Waals surface area contributed by atoms with E-state index in [2.05, 4.69) is 26.6 Å². The Hall–Kier alpha value is -1.61. The Bertz CT molecular complexity index is 630. The Balaban J connectivity index is 2.64. The van der Waals surface area contributed by atoms with Gasteiger partial charge in [0.1, 0.15) is 9.84 Å². The van der Waals surface area contributed by atoms with E-state index in [-0.39, 0.29) is 23.5 Å². The van der Waals surface area contributed by atoms with Gasteiger partial charge in [-0.3, -0.25) is 0 Å². The van der Waals surface area contributed by atoms with Crippen molar-refractivity contribution in [3.05, 3.63) is 28.2 Å². The second-order valence-electron chi connectivity index (χ2n) is 4.04. The normalized spacial score (nSPS) is 10.9. The van der Waals surface area contributed by atoms with Gasteiger partial charge >= 0.3 is 12.0 Å². The molecule has 110 valence electrons. The molecular formula is C11H13BrN2O5S. The molecule has 9 heteroatoms. The van der Waals surface area contributed by atoms with Gasteiger partial charge in [-0.15, -0.1) is 0 Å². The van der Waals surface area contributed by atoms with Crippen molar-refractivity contribution in [2.75, 3.05) is 23.9 Å². The van der Waals surface area contributed by atoms with Crippen molar-refractivity contribution in [3.8, 4) is 0 Å². The van der Waals surface area contributed by atoms with Gasteiger partial charge in [0.05, 0.1) is 11.3 Å². The lowest BCUT2D eigenvalue weighted by molar-refractivity contribution is 0.0696. The van der Waals surface area contributed by atoms with Gasteiger partial charge < -0.3 is 15.7 Å². The van der Waals surface area contributed by atoms with Gasteiger partial charge in [0, 0.05) is 23.0 Å². The van der Waals surface area contributed by atoms with E-state index < -0.39 is 21.8 Å². The van der Waals surface area contributed by atoms with Crippen molar-refractivity contribution in [3.63, 3.8) is 0 Å². The van der Waals surface area contributed by atoms with Gasteiger partial charge in [-0.25, -0.2) is 18.0 Å². The lowest BCUT2D eigenvalue weighted by Gasteiger charge is -2.08. The number of rotatable bonds is 5. The van der Waals surface area contributed by atoms with Crippen LogP contribution in [-0.2, 0) is 9.84 Å². The van der Waals surface area contributed by atoms with Crippen LogP contribution in [0.1, 0.15) is 10.4 Å². The molecule has 0 atom stereocenters. The van der Waals surface area contributed by atoms with Gasteiger partial charge in [0.2, 0.25) is 0 Å². The highest BCUT2D eigenvalue weighted by Gasteiger charge is 2.09. The summed E-state index contributed by atoms with van der Waals surface area (Å²) >= 11 is 3.14. The quantitative estimate of drug-likeness (QED) is 0.728. The first kappa shape index (κ1) is 16.4. The Morgan fingerprint density at radius 3 is 2.50 bits per heavy atom. The molecule has 1 aromatic carbocycles. The number of urea groups is 1. The molecule has 3 N–H and O–H groups in total. The average molecular weight is 365 g/mol. The average Bonchev–Trinajstić information content (AvgIpc) is 2.25. The molecule has 0 aliphatic rings. The Morgan fingerprint density at radius 2 is 1.95 bits per heavy atom. The van der Waals surface area contributed by atoms with Crippen molar-refractivity contribution in [2.24, 2.45) is 0 Å². The number of carbonyl (C=O) groups excluding carboxylic acids is 1. The fourth-order valence-electron chi connectivity index (χ4n) is 1.31. The number of carboxylic acids is 1. The van der Waals surface area contributed by atoms with E-state index in [4.69, 9.17) is 5.11 Å². The summed E-state index contributed by atoms with van der Waals surface area (Å²) in [6.45, 7) is -0.0234. The van der Waals surface area contributed by atoms with Crippen LogP contribution in [0.15, 0.2) is 22.7 Å². The Labute approximate surface area is 124 Å². The number of amides is 2. The summed E-state index contributed by atoms with van der Waals surface area (Å²) in [5, 5.41) is 13.7. The van der Waals surface area contributed by atoms with Gasteiger partial charge in [-0.1, -0.05) is 15.9 Å². The van der Waals surface area contributed by atoms with Crippen LogP contribution in [0.25, 0.3) is 0 Å². The van der Waals surface area contributed by atoms with E-state index in [1.807, 2.05) is 0 Å². The zero-order valence-corrected chi connectivity index (χ0v) is 12.9. The second kappa shape index (κ2) is 6.71. The maximum absolute atomic E-state index is 11.5. The zero-order valence-electron chi connectivity index (χ0n) is 10.5. The number of hydrogen-bond acceptors (Lipinski definition) is 4. The van der Waals surface area contributed by atoms with E-state index in [1.165, 1.54) is 18.2 Å². The highest BCUT2D eigenvalue weighted by atomic mass is 79.9. The third-order valence-electron chi connectivity index (χ3n) is 2.16. The summed E-state index contributed by atoms with van der Waals surface area (Å²) in [7, 11) is -3.15. The van der Waals surface area contributed by atoms with Crippen LogP contribution in [0, 0.1) is 0 Å². The van der Waals surface area contributed by atoms with Crippen molar-refractivity contribution in [2.45, 2.75) is 0 Å². The number of aromatic carboxylic acids is 1. The molecule has 0 spiro atoms. The smallest absolute Gasteiger partial charge is 0.335 e. The van der Waals surface area contributed by atoms with Crippen molar-refractivity contribution >= 4 is 43.5 Å². The molecule has 0 saturated carbocycles. The summed E-state index contributed by atoms with van der Waals surface area (Å²) in [4.78, 5) is 22.4. The van der Waals surface area contributed by atoms with Crippen molar-refractivity contribution < 1.29 is 23.1 Å². The van der Waals surface area contributed by atoms with Crippen LogP contribution in [0.2, 0.25) is 0 Å². The summed E-state index contributed by atoms with van der Waals surface area (Å²) in [5.41, 5.74) is 0.305. The molecule has 0 saturated heterocycles. The molecule has 0 aromatic heterocycles. The minimum atomic E-state index is -3.15. The number of sulfone groups is 1. The lowest BCUT2D eigenvalue weighted by atomic mass is 10.2. The van der Waals surface area contributed by atoms with E-state index in [1.54, 1.807) is 0 Å². The van der Waals surface area contributed by atoms with E-state index in [0.717, 1.165) is 6.26 Å². The molecule has 0 unspecified atom stereocenters. The van der Waals surface area contributed by atoms with E-state index >= 15 is 0 Å². The van der Waals surface area contributed by atoms with Crippen LogP contribution in [0.4, 0.5) is 10.5 Å². The third kappa shape index (κ3) is 6.02. The highest BCUT2D eigenvalue weighted by Crippen LogP contribution is 2.19. The van der Waals surface area contributed by atoms with Crippen LogP contribution in [0.3, 0.4) is 0 Å². The number of carboxylic acid groups (broad SMARTS) is 1. The van der Waals surface area contributed by atoms with Gasteiger partial charge in [0.15, 0.2) is 0 Å². The lowest BCUT2D eigenvalue weighted by Crippen LogP contribution is -2.32. The molecule has 0 aliphatic heterocycles. The SMILES string of the molecule is CS(=O)(=O)CCNC(=O)Nc1cc(Br)cc(C(=O)O)c1. The van der Waals surface area contributed by atoms with Crippen LogP contribution < -0.4 is 10.6 Å². The molecule has 7 nitrogen and oxygen atoms in total. The first-order valence-corrected chi connectivity index (χ1v) is 8.29. The second-order valence-corrected chi connectivity index (χ2v) is 7.22. The highest BCUT2D eigenvalue weighted by molar-refractivity contribution is 9.10. The maximum Gasteiger partial charge on any atom is 0.335 e. The molecule has 0 fully saturated rings. The molecule has 0 aliphatic carbocycles. The minimum absolute atomic E-state index is 0.0193. The summed E-state index contributed by atoms with van der Waals surface area (Å²) in [6, 6.07) is 3.61. The molecular weight excluding hydrogens is 352 g/mol. The Kier molecular flexibility index (Phi) is 5.52. The number of nitrogens with one attached hydrogen (secondary N) is 2. The number of carbonyl (C=O) groups is 2. The number of benzene rings is 1. The maximum atomic E-state index is 11.5. The number of anilines is 1. The van der Waals surface area contributed by atoms with Crippen molar-refractivity contribution in [1.29, 1.82) is 0 Å². The molecule has 1 aromatic rings. The molecule has 0 bridgehead atoms. The van der Waals surface area contributed by atoms with E-state index in [0.29, 0.717) is 4.47 Å². The summed E-state index contributed by atoms with van der Waals surface area (Å²) in [5.74, 6) is -1.29. The van der Waals surface area contributed by atoms with Gasteiger partial charge in [-0.05, 0) is 18.2 Å². The molecule has 20 heavy (non-hydrogen) atoms. The summed E-state index contributed by atoms with van der Waals surface area (Å²) < 4.78 is 22.3. The number of hydrogen-bond donors (Lipinski definition) is 3. The minimum Gasteiger partial charge on any atom is -0.478 e. The molecule has 2 amide bonds. The molecule has 0 heterocycles. The monoisotopic (exact) mass is 364 g/mol. The predicted molar refractivity (Wildman–Crippen MR) is 77.8 cm³/mol. The van der Waals surface area contributed by atoms with Crippen LogP contribution in [0.5, 0.6) is 0 Å². The number of halogens is 1. The van der Waals surface area contributed by atoms with Crippen molar-refractivity contribution in [1.82, 2.24) is 5.32 Å². The van der Waals surface area contributed by atoms with Gasteiger partial charge in [0.25, 0.3) is 0 Å². The van der Waals surface area contributed by atoms with E-state index in [9.17, 15) is 18.0 Å². The van der Waals surface area contributed by atoms with Crippen LogP contribution in [-0.4, -0.2) is 44.1 Å². The first-order chi connectivity index (χ1) is 9.17. The zero-order chi connectivity index (χ0) is 15.3. The standard InChI is InChI=1S/C11H13BrN2O5S/c1-20(18,19)3-2-13-11(17)14-9-5-7(10(15)16)4-8(12)6-9/h4-6H,2-3H2,1H3,(H,15,16)(H2,13,14,17). The largest absolute Gasteiger partial charge is 0.478 e. The van der Waals surface area contributed by atoms with Crippen LogP contribution >= 0.6 is 15.9 Å². The topological polar surface area (TPSA) is 113 Å². The summed E-state index contributed by atoms with van der Waals surface area (Å²) in [6.07, 6.45) is 1.07. The first-order valence-electron chi connectivity index (χ1n) is 5.44. The predicted octanol–water partition coefficient (Wildman–Crippen LogP) is 1.31. The third-order valence-corrected chi connectivity index (χ3v) is 3.56. The fraction of sp³-hybridized carbons (Fsp3) is 0.273. The molecule has 1 rings (SSSR count). The molecule has 0 radical (unpaired) electrons. The van der Waals surface area contributed by atoms with Gasteiger partial charge in [-0.2, -0.15) is 0 Å².